The summed E-state index contributed by atoms with van der Waals surface area (Å²) in [5, 5.41) is 2.58. The first-order chi connectivity index (χ1) is 7.95. The second-order valence-electron chi connectivity index (χ2n) is 4.40. The minimum atomic E-state index is -0.477. The van der Waals surface area contributed by atoms with Crippen LogP contribution in [0, 0.1) is 14.9 Å². The quantitative estimate of drug-likeness (QED) is 0.372. The molecule has 0 spiro atoms. The van der Waals surface area contributed by atoms with Gasteiger partial charge in [0.2, 0.25) is 0 Å². The predicted molar refractivity (Wildman–Crippen MR) is 77.9 cm³/mol. The van der Waals surface area contributed by atoms with Gasteiger partial charge in [-0.25, -0.2) is 4.79 Å². The summed E-state index contributed by atoms with van der Waals surface area (Å²) in [4.78, 5) is 11.2. The molecule has 0 aromatic carbocycles. The third-order valence-electron chi connectivity index (χ3n) is 1.53. The van der Waals surface area contributed by atoms with Crippen LogP contribution >= 0.6 is 0 Å². The van der Waals surface area contributed by atoms with Crippen molar-refractivity contribution in [1.29, 1.82) is 0 Å². The molecule has 0 aliphatic rings. The van der Waals surface area contributed by atoms with Crippen molar-refractivity contribution in [2.24, 2.45) is 0 Å². The van der Waals surface area contributed by atoms with E-state index >= 15 is 0 Å². The van der Waals surface area contributed by atoms with E-state index in [-0.39, 0.29) is 72.8 Å². The first-order valence-corrected chi connectivity index (χ1v) is 5.72. The number of hydrogen-bond donors (Lipinski definition) is 1. The van der Waals surface area contributed by atoms with Crippen molar-refractivity contribution in [2.75, 3.05) is 39.5 Å². The third-order valence-corrected chi connectivity index (χ3v) is 1.53. The molecule has 7 heteroatoms. The van der Waals surface area contributed by atoms with E-state index in [0.717, 1.165) is 0 Å². The Hall–Kier alpha value is 0.786. The van der Waals surface area contributed by atoms with Crippen molar-refractivity contribution < 1.29 is 70.4 Å². The summed E-state index contributed by atoms with van der Waals surface area (Å²) >= 11 is 0. The zero-order chi connectivity index (χ0) is 13.1. The van der Waals surface area contributed by atoms with Crippen LogP contribution in [0.25, 0.3) is 5.73 Å². The Kier molecular flexibility index (Phi) is 25.8. The molecule has 20 heavy (non-hydrogen) atoms. The van der Waals surface area contributed by atoms with Crippen molar-refractivity contribution in [3.05, 3.63) is 20.6 Å². The zero-order valence-corrected chi connectivity index (χ0v) is 17.0. The summed E-state index contributed by atoms with van der Waals surface area (Å²) in [5.41, 5.74) is 6.36. The van der Waals surface area contributed by atoms with Gasteiger partial charge in [0.25, 0.3) is 0 Å². The Morgan fingerprint density at radius 3 is 2.00 bits per heavy atom. The van der Waals surface area contributed by atoms with Crippen LogP contribution in [-0.2, 0) is 14.2 Å². The largest absolute Gasteiger partial charge is 1.00 e. The predicted octanol–water partition coefficient (Wildman–Crippen LogP) is -0.499. The van der Waals surface area contributed by atoms with Crippen molar-refractivity contribution in [3.63, 3.8) is 0 Å². The number of carbonyl (C=O) groups excluding carboxylic acids is 1. The molecule has 118 valence electrons. The SMILES string of the molecule is CC(C)(C)OC(=O)NCCOCCOCC[NH-].[CH3-].[CH3-].[K+]. The fourth-order valence-corrected chi connectivity index (χ4v) is 0.934. The van der Waals surface area contributed by atoms with Crippen LogP contribution in [0.15, 0.2) is 0 Å². The van der Waals surface area contributed by atoms with E-state index < -0.39 is 11.7 Å². The minimum absolute atomic E-state index is 0. The summed E-state index contributed by atoms with van der Waals surface area (Å²) in [6, 6.07) is 0. The number of amides is 1. The van der Waals surface area contributed by atoms with Gasteiger partial charge >= 0.3 is 57.5 Å². The topological polar surface area (TPSA) is 80.6 Å². The maximum Gasteiger partial charge on any atom is 1.00 e. The van der Waals surface area contributed by atoms with E-state index in [4.69, 9.17) is 19.9 Å². The number of ether oxygens (including phenoxy) is 3. The van der Waals surface area contributed by atoms with Gasteiger partial charge in [-0.05, 0) is 20.8 Å². The van der Waals surface area contributed by atoms with Crippen molar-refractivity contribution in [1.82, 2.24) is 5.32 Å². The average molecular weight is 316 g/mol. The van der Waals surface area contributed by atoms with Crippen LogP contribution < -0.4 is 56.7 Å². The molecule has 0 saturated carbocycles. The monoisotopic (exact) mass is 316 g/mol. The Morgan fingerprint density at radius 2 is 1.55 bits per heavy atom. The molecule has 0 rings (SSSR count). The van der Waals surface area contributed by atoms with E-state index in [1.165, 1.54) is 0 Å². The van der Waals surface area contributed by atoms with Gasteiger partial charge < -0.3 is 40.1 Å². The molecule has 0 radical (unpaired) electrons. The minimum Gasteiger partial charge on any atom is -0.676 e. The molecule has 0 aromatic heterocycles. The van der Waals surface area contributed by atoms with Crippen molar-refractivity contribution in [3.8, 4) is 0 Å². The smallest absolute Gasteiger partial charge is 0.676 e. The molecule has 1 amide bonds. The first-order valence-electron chi connectivity index (χ1n) is 5.72. The van der Waals surface area contributed by atoms with Crippen LogP contribution in [0.3, 0.4) is 0 Å². The molecule has 2 N–H and O–H groups in total. The molecule has 0 aliphatic carbocycles. The molecule has 0 aliphatic heterocycles. The van der Waals surface area contributed by atoms with E-state index in [0.29, 0.717) is 33.0 Å². The maximum absolute atomic E-state index is 11.2. The van der Waals surface area contributed by atoms with Crippen LogP contribution in [0.1, 0.15) is 20.8 Å². The molecule has 0 atom stereocenters. The number of rotatable bonds is 8. The molecule has 0 fully saturated rings. The summed E-state index contributed by atoms with van der Waals surface area (Å²) < 4.78 is 15.3. The molecule has 0 bridgehead atoms. The normalized spacial score (nSPS) is 9.60. The van der Waals surface area contributed by atoms with E-state index in [1.807, 2.05) is 20.8 Å². The van der Waals surface area contributed by atoms with Gasteiger partial charge in [0.05, 0.1) is 19.8 Å². The van der Waals surface area contributed by atoms with Crippen molar-refractivity contribution in [2.45, 2.75) is 26.4 Å². The maximum atomic E-state index is 11.2. The molecule has 0 unspecified atom stereocenters. The van der Waals surface area contributed by atoms with Gasteiger partial charge in [-0.3, -0.25) is 0 Å². The van der Waals surface area contributed by atoms with Crippen LogP contribution in [0.2, 0.25) is 0 Å². The van der Waals surface area contributed by atoms with E-state index in [2.05, 4.69) is 5.32 Å². The number of alkyl carbamates (subject to hydrolysis) is 1. The summed E-state index contributed by atoms with van der Waals surface area (Å²) in [6.07, 6.45) is -0.438. The summed E-state index contributed by atoms with van der Waals surface area (Å²) in [7, 11) is 0. The molecular weight excluding hydrogens is 287 g/mol. The molecular formula is C13H29KN2O4-2. The van der Waals surface area contributed by atoms with Crippen LogP contribution in [0.4, 0.5) is 4.79 Å². The molecule has 0 heterocycles. The van der Waals surface area contributed by atoms with Gasteiger partial charge in [0.1, 0.15) is 5.60 Å². The fraction of sp³-hybridized carbons (Fsp3) is 0.769. The van der Waals surface area contributed by atoms with E-state index in [1.54, 1.807) is 0 Å². The fourth-order valence-electron chi connectivity index (χ4n) is 0.934. The number of carbonyl (C=O) groups is 1. The average Bonchev–Trinajstić information content (AvgIpc) is 2.19. The van der Waals surface area contributed by atoms with Gasteiger partial charge in [-0.15, -0.1) is 6.54 Å². The Morgan fingerprint density at radius 1 is 1.05 bits per heavy atom. The number of nitrogens with one attached hydrogen (secondary N) is 2. The number of hydrogen-bond acceptors (Lipinski definition) is 4. The zero-order valence-electron chi connectivity index (χ0n) is 13.9. The molecule has 0 saturated heterocycles. The Balaban J connectivity index is -0.000000427. The summed E-state index contributed by atoms with van der Waals surface area (Å²) in [5.74, 6) is 0. The van der Waals surface area contributed by atoms with Gasteiger partial charge in [-0.2, -0.15) is 0 Å². The summed E-state index contributed by atoms with van der Waals surface area (Å²) in [6.45, 7) is 7.91. The van der Waals surface area contributed by atoms with Crippen LogP contribution in [0.5, 0.6) is 0 Å². The molecule has 6 nitrogen and oxygen atoms in total. The van der Waals surface area contributed by atoms with Gasteiger partial charge in [0.15, 0.2) is 0 Å². The third kappa shape index (κ3) is 23.8. The van der Waals surface area contributed by atoms with Gasteiger partial charge in [-0.1, -0.05) is 0 Å². The van der Waals surface area contributed by atoms with Gasteiger partial charge in [0, 0.05) is 13.2 Å². The second-order valence-corrected chi connectivity index (χ2v) is 4.40. The first kappa shape index (κ1) is 28.9. The van der Waals surface area contributed by atoms with Crippen molar-refractivity contribution >= 4 is 6.09 Å². The Bertz CT molecular complexity index is 211. The molecule has 0 aromatic rings. The second kappa shape index (κ2) is 17.8. The van der Waals surface area contributed by atoms with Crippen LogP contribution in [-0.4, -0.2) is 51.2 Å². The standard InChI is InChI=1S/C11H23N2O4.2CH3.K/c1-11(2,3)17-10(14)13-5-7-16-9-8-15-6-4-12;;;/h12H,4-9H2,1-3H3,(H,13,14);2*1H3;/q3*-1;+1. The Labute approximate surface area is 166 Å². The van der Waals surface area contributed by atoms with E-state index in [9.17, 15) is 4.79 Å².